The molecule has 2 aromatic rings. The van der Waals surface area contributed by atoms with Crippen molar-refractivity contribution in [3.8, 4) is 0 Å². The van der Waals surface area contributed by atoms with Crippen LogP contribution >= 0.6 is 0 Å². The second kappa shape index (κ2) is 8.24. The first-order chi connectivity index (χ1) is 13.3. The third-order valence-electron chi connectivity index (χ3n) is 6.75. The Kier molecular flexibility index (Phi) is 5.56. The van der Waals surface area contributed by atoms with E-state index in [0.29, 0.717) is 12.0 Å². The molecule has 2 saturated carbocycles. The van der Waals surface area contributed by atoms with Gasteiger partial charge in [-0.3, -0.25) is 4.79 Å². The van der Waals surface area contributed by atoms with Crippen LogP contribution in [0.5, 0.6) is 0 Å². The zero-order chi connectivity index (χ0) is 18.6. The highest BCUT2D eigenvalue weighted by atomic mass is 16.1. The minimum absolute atomic E-state index is 0.0513. The number of benzene rings is 2. The molecular formula is C24H30N2O. The third kappa shape index (κ3) is 3.78. The zero-order valence-corrected chi connectivity index (χ0v) is 16.0. The number of carbonyl (C=O) groups is 1. The van der Waals surface area contributed by atoms with Gasteiger partial charge in [0.2, 0.25) is 0 Å². The van der Waals surface area contributed by atoms with Crippen molar-refractivity contribution in [2.45, 2.75) is 63.8 Å². The Bertz CT molecular complexity index is 822. The lowest BCUT2D eigenvalue weighted by molar-refractivity contribution is 0.0861. The molecule has 2 aromatic carbocycles. The molecule has 1 amide bonds. The van der Waals surface area contributed by atoms with Crippen LogP contribution in [0.4, 0.5) is 0 Å². The van der Waals surface area contributed by atoms with Gasteiger partial charge in [0.25, 0.3) is 5.91 Å². The van der Waals surface area contributed by atoms with Crippen LogP contribution in [-0.4, -0.2) is 18.2 Å². The SMILES string of the molecule is N=Cc1ccc(C(=O)NC2CCCCC2C2CCCCC2)c2ccccc12. The Balaban J connectivity index is 1.57. The Morgan fingerprint density at radius 3 is 2.37 bits per heavy atom. The highest BCUT2D eigenvalue weighted by Gasteiger charge is 2.33. The van der Waals surface area contributed by atoms with Crippen LogP contribution in [0.3, 0.4) is 0 Å². The van der Waals surface area contributed by atoms with Crippen molar-refractivity contribution in [3.05, 3.63) is 47.5 Å². The van der Waals surface area contributed by atoms with E-state index in [0.717, 1.165) is 34.2 Å². The van der Waals surface area contributed by atoms with Gasteiger partial charge < -0.3 is 10.7 Å². The van der Waals surface area contributed by atoms with Crippen LogP contribution in [0.1, 0.15) is 73.7 Å². The van der Waals surface area contributed by atoms with Gasteiger partial charge in [0.15, 0.2) is 0 Å². The minimum Gasteiger partial charge on any atom is -0.349 e. The maximum absolute atomic E-state index is 13.2. The summed E-state index contributed by atoms with van der Waals surface area (Å²) in [4.78, 5) is 13.2. The molecule has 3 nitrogen and oxygen atoms in total. The van der Waals surface area contributed by atoms with Crippen molar-refractivity contribution in [1.29, 1.82) is 5.41 Å². The number of rotatable bonds is 4. The Morgan fingerprint density at radius 1 is 0.889 bits per heavy atom. The van der Waals surface area contributed by atoms with Crippen LogP contribution in [-0.2, 0) is 0 Å². The van der Waals surface area contributed by atoms with Gasteiger partial charge in [-0.2, -0.15) is 0 Å². The molecule has 142 valence electrons. The molecule has 0 aliphatic heterocycles. The number of fused-ring (bicyclic) bond motifs is 1. The molecule has 2 atom stereocenters. The molecule has 27 heavy (non-hydrogen) atoms. The Morgan fingerprint density at radius 2 is 1.59 bits per heavy atom. The standard InChI is InChI=1S/C24H30N2O/c25-16-18-14-15-22(21-12-5-4-10-19(18)21)24(27)26-23-13-7-6-11-20(23)17-8-2-1-3-9-17/h4-5,10,12,14-17,20,23,25H,1-3,6-9,11,13H2,(H,26,27). The van der Waals surface area contributed by atoms with Crippen LogP contribution in [0.2, 0.25) is 0 Å². The van der Waals surface area contributed by atoms with Gasteiger partial charge in [0, 0.05) is 17.8 Å². The van der Waals surface area contributed by atoms with Gasteiger partial charge in [0.1, 0.15) is 0 Å². The minimum atomic E-state index is 0.0513. The first-order valence-corrected chi connectivity index (χ1v) is 10.6. The van der Waals surface area contributed by atoms with Crippen LogP contribution in [0.15, 0.2) is 36.4 Å². The smallest absolute Gasteiger partial charge is 0.252 e. The van der Waals surface area contributed by atoms with Crippen LogP contribution < -0.4 is 5.32 Å². The van der Waals surface area contributed by atoms with Crippen molar-refractivity contribution in [3.63, 3.8) is 0 Å². The molecule has 2 unspecified atom stereocenters. The van der Waals surface area contributed by atoms with E-state index < -0.39 is 0 Å². The molecule has 2 N–H and O–H groups in total. The average molecular weight is 363 g/mol. The normalized spacial score (nSPS) is 23.9. The lowest BCUT2D eigenvalue weighted by Gasteiger charge is -2.39. The molecule has 0 heterocycles. The van der Waals surface area contributed by atoms with Crippen molar-refractivity contribution in [2.24, 2.45) is 11.8 Å². The number of hydrogen-bond donors (Lipinski definition) is 2. The van der Waals surface area contributed by atoms with E-state index in [1.807, 2.05) is 36.4 Å². The summed E-state index contributed by atoms with van der Waals surface area (Å²) in [5.74, 6) is 1.49. The molecule has 2 aliphatic carbocycles. The maximum atomic E-state index is 13.2. The van der Waals surface area contributed by atoms with E-state index in [4.69, 9.17) is 5.41 Å². The zero-order valence-electron chi connectivity index (χ0n) is 16.0. The first kappa shape index (κ1) is 18.2. The van der Waals surface area contributed by atoms with Gasteiger partial charge in [0.05, 0.1) is 0 Å². The Hall–Kier alpha value is -2.16. The largest absolute Gasteiger partial charge is 0.349 e. The number of amides is 1. The van der Waals surface area contributed by atoms with Crippen molar-refractivity contribution < 1.29 is 4.79 Å². The van der Waals surface area contributed by atoms with E-state index in [-0.39, 0.29) is 5.91 Å². The van der Waals surface area contributed by atoms with Gasteiger partial charge in [-0.25, -0.2) is 0 Å². The topological polar surface area (TPSA) is 53.0 Å². The molecular weight excluding hydrogens is 332 g/mol. The van der Waals surface area contributed by atoms with E-state index in [9.17, 15) is 4.79 Å². The summed E-state index contributed by atoms with van der Waals surface area (Å²) < 4.78 is 0. The fourth-order valence-corrected chi connectivity index (χ4v) is 5.36. The summed E-state index contributed by atoms with van der Waals surface area (Å²) in [5, 5.41) is 13.0. The monoisotopic (exact) mass is 362 g/mol. The second-order valence-corrected chi connectivity index (χ2v) is 8.32. The fourth-order valence-electron chi connectivity index (χ4n) is 5.36. The van der Waals surface area contributed by atoms with Crippen molar-refractivity contribution in [2.75, 3.05) is 0 Å². The molecule has 4 rings (SSSR count). The number of nitrogens with one attached hydrogen (secondary N) is 2. The summed E-state index contributed by atoms with van der Waals surface area (Å²) in [6.07, 6.45) is 13.1. The predicted octanol–water partition coefficient (Wildman–Crippen LogP) is 5.71. The molecule has 2 fully saturated rings. The summed E-state index contributed by atoms with van der Waals surface area (Å²) in [5.41, 5.74) is 1.60. The van der Waals surface area contributed by atoms with E-state index in [1.54, 1.807) is 0 Å². The summed E-state index contributed by atoms with van der Waals surface area (Å²) in [6.45, 7) is 0. The summed E-state index contributed by atoms with van der Waals surface area (Å²) in [7, 11) is 0. The van der Waals surface area contributed by atoms with Crippen molar-refractivity contribution in [1.82, 2.24) is 5.32 Å². The summed E-state index contributed by atoms with van der Waals surface area (Å²) >= 11 is 0. The highest BCUT2D eigenvalue weighted by Crippen LogP contribution is 2.38. The van der Waals surface area contributed by atoms with Crippen LogP contribution in [0.25, 0.3) is 10.8 Å². The van der Waals surface area contributed by atoms with E-state index in [1.165, 1.54) is 57.6 Å². The molecule has 0 aromatic heterocycles. The first-order valence-electron chi connectivity index (χ1n) is 10.6. The van der Waals surface area contributed by atoms with Gasteiger partial charge >= 0.3 is 0 Å². The van der Waals surface area contributed by atoms with Gasteiger partial charge in [-0.05, 0) is 47.1 Å². The van der Waals surface area contributed by atoms with E-state index >= 15 is 0 Å². The highest BCUT2D eigenvalue weighted by molar-refractivity contribution is 6.11. The number of hydrogen-bond acceptors (Lipinski definition) is 2. The molecule has 0 saturated heterocycles. The summed E-state index contributed by atoms with van der Waals surface area (Å²) in [6, 6.07) is 12.0. The van der Waals surface area contributed by atoms with E-state index in [2.05, 4.69) is 5.32 Å². The molecule has 0 spiro atoms. The fraction of sp³-hybridized carbons (Fsp3) is 0.500. The molecule has 0 radical (unpaired) electrons. The molecule has 3 heteroatoms. The maximum Gasteiger partial charge on any atom is 0.252 e. The van der Waals surface area contributed by atoms with Crippen molar-refractivity contribution >= 4 is 22.9 Å². The Labute approximate surface area is 162 Å². The third-order valence-corrected chi connectivity index (χ3v) is 6.75. The predicted molar refractivity (Wildman–Crippen MR) is 112 cm³/mol. The molecule has 0 bridgehead atoms. The van der Waals surface area contributed by atoms with Crippen LogP contribution in [0, 0.1) is 17.2 Å². The quantitative estimate of drug-likeness (QED) is 0.673. The average Bonchev–Trinajstić information content (AvgIpc) is 2.74. The molecule has 2 aliphatic rings. The van der Waals surface area contributed by atoms with Gasteiger partial charge in [-0.1, -0.05) is 75.3 Å². The second-order valence-electron chi connectivity index (χ2n) is 8.32. The lowest BCUT2D eigenvalue weighted by Crippen LogP contribution is -2.45. The lowest BCUT2D eigenvalue weighted by atomic mass is 9.71. The van der Waals surface area contributed by atoms with Gasteiger partial charge in [-0.15, -0.1) is 0 Å². The number of carbonyl (C=O) groups excluding carboxylic acids is 1.